The molecule has 2 heterocycles. The van der Waals surface area contributed by atoms with Gasteiger partial charge in [0.05, 0.1) is 22.9 Å². The number of amides is 1. The Morgan fingerprint density at radius 3 is 3.05 bits per heavy atom. The van der Waals surface area contributed by atoms with Crippen LogP contribution in [0.4, 0.5) is 11.4 Å². The molecule has 21 heavy (non-hydrogen) atoms. The molecule has 0 fully saturated rings. The number of benzene rings is 1. The van der Waals surface area contributed by atoms with E-state index in [9.17, 15) is 4.79 Å². The van der Waals surface area contributed by atoms with Crippen molar-refractivity contribution in [1.82, 2.24) is 0 Å². The van der Waals surface area contributed by atoms with E-state index in [-0.39, 0.29) is 18.3 Å². The van der Waals surface area contributed by atoms with E-state index in [2.05, 4.69) is 10.6 Å². The summed E-state index contributed by atoms with van der Waals surface area (Å²) in [5.41, 5.74) is 1.20. The van der Waals surface area contributed by atoms with E-state index in [0.717, 1.165) is 0 Å². The Bertz CT molecular complexity index is 748. The molecule has 0 radical (unpaired) electrons. The Morgan fingerprint density at radius 1 is 1.43 bits per heavy atom. The van der Waals surface area contributed by atoms with Gasteiger partial charge in [0.1, 0.15) is 17.6 Å². The van der Waals surface area contributed by atoms with E-state index >= 15 is 0 Å². The Morgan fingerprint density at radius 2 is 2.29 bits per heavy atom. The molecule has 1 aliphatic heterocycles. The molecular formula is C14H10ClN3O3. The van der Waals surface area contributed by atoms with Crippen molar-refractivity contribution in [3.05, 3.63) is 40.8 Å². The lowest BCUT2D eigenvalue weighted by Gasteiger charge is -2.19. The molecule has 0 bridgehead atoms. The Kier molecular flexibility index (Phi) is 3.42. The normalized spacial score (nSPS) is 12.9. The predicted molar refractivity (Wildman–Crippen MR) is 76.3 cm³/mol. The minimum absolute atomic E-state index is 0.0161. The highest BCUT2D eigenvalue weighted by Crippen LogP contribution is 2.36. The highest BCUT2D eigenvalue weighted by Gasteiger charge is 2.18. The smallest absolute Gasteiger partial charge is 0.262 e. The fourth-order valence-corrected chi connectivity index (χ4v) is 2.18. The van der Waals surface area contributed by atoms with Crippen LogP contribution in [0.15, 0.2) is 28.7 Å². The van der Waals surface area contributed by atoms with Crippen molar-refractivity contribution in [3.8, 4) is 11.8 Å². The fourth-order valence-electron chi connectivity index (χ4n) is 1.95. The molecular weight excluding hydrogens is 294 g/mol. The van der Waals surface area contributed by atoms with Gasteiger partial charge < -0.3 is 19.8 Å². The first kappa shape index (κ1) is 13.3. The van der Waals surface area contributed by atoms with Crippen LogP contribution in [0, 0.1) is 11.3 Å². The maximum absolute atomic E-state index is 11.2. The van der Waals surface area contributed by atoms with Crippen molar-refractivity contribution >= 4 is 28.9 Å². The van der Waals surface area contributed by atoms with Gasteiger partial charge in [0, 0.05) is 6.07 Å². The van der Waals surface area contributed by atoms with Crippen molar-refractivity contribution in [2.45, 2.75) is 6.54 Å². The quantitative estimate of drug-likeness (QED) is 0.910. The number of anilines is 2. The number of fused-ring (bicyclic) bond motifs is 1. The first-order valence-electron chi connectivity index (χ1n) is 6.14. The van der Waals surface area contributed by atoms with E-state index in [1.165, 1.54) is 0 Å². The van der Waals surface area contributed by atoms with E-state index in [4.69, 9.17) is 26.0 Å². The number of hydrogen-bond acceptors (Lipinski definition) is 5. The van der Waals surface area contributed by atoms with Crippen LogP contribution >= 0.6 is 11.6 Å². The van der Waals surface area contributed by atoms with Crippen LogP contribution in [0.2, 0.25) is 5.02 Å². The molecule has 0 aliphatic carbocycles. The standard InChI is InChI=1S/C14H10ClN3O3/c15-10-3-12-13(20-7-14(19)18-12)4-11(10)17-6-9-2-1-8(5-16)21-9/h1-4,17H,6-7H2,(H,18,19). The number of halogens is 1. The second-order valence-electron chi connectivity index (χ2n) is 4.40. The topological polar surface area (TPSA) is 87.3 Å². The van der Waals surface area contributed by atoms with Gasteiger partial charge in [-0.2, -0.15) is 5.26 Å². The molecule has 1 amide bonds. The summed E-state index contributed by atoms with van der Waals surface area (Å²) >= 11 is 6.16. The second kappa shape index (κ2) is 5.38. The molecule has 1 aromatic carbocycles. The van der Waals surface area contributed by atoms with Crippen LogP contribution in [0.3, 0.4) is 0 Å². The van der Waals surface area contributed by atoms with Crippen LogP contribution in [-0.2, 0) is 11.3 Å². The lowest BCUT2D eigenvalue weighted by atomic mass is 10.2. The predicted octanol–water partition coefficient (Wildman–Crippen LogP) is 2.75. The monoisotopic (exact) mass is 303 g/mol. The van der Waals surface area contributed by atoms with Crippen molar-refractivity contribution in [1.29, 1.82) is 5.26 Å². The summed E-state index contributed by atoms with van der Waals surface area (Å²) in [5, 5.41) is 14.9. The highest BCUT2D eigenvalue weighted by molar-refractivity contribution is 6.33. The molecule has 0 spiro atoms. The SMILES string of the molecule is N#Cc1ccc(CNc2cc3c(cc2Cl)NC(=O)CO3)o1. The molecule has 0 saturated carbocycles. The largest absolute Gasteiger partial charge is 0.482 e. The average molecular weight is 304 g/mol. The minimum atomic E-state index is -0.209. The number of nitrogens with zero attached hydrogens (tertiary/aromatic N) is 1. The number of furan rings is 1. The van der Waals surface area contributed by atoms with Crippen molar-refractivity contribution in [3.63, 3.8) is 0 Å². The van der Waals surface area contributed by atoms with Gasteiger partial charge >= 0.3 is 0 Å². The van der Waals surface area contributed by atoms with E-state index in [1.807, 2.05) is 6.07 Å². The number of hydrogen-bond donors (Lipinski definition) is 2. The zero-order chi connectivity index (χ0) is 14.8. The third-order valence-electron chi connectivity index (χ3n) is 2.93. The third kappa shape index (κ3) is 2.78. The van der Waals surface area contributed by atoms with Gasteiger partial charge in [0.25, 0.3) is 5.91 Å². The van der Waals surface area contributed by atoms with E-state index < -0.39 is 0 Å². The van der Waals surface area contributed by atoms with E-state index in [1.54, 1.807) is 24.3 Å². The van der Waals surface area contributed by atoms with Crippen LogP contribution in [0.5, 0.6) is 5.75 Å². The first-order valence-corrected chi connectivity index (χ1v) is 6.52. The maximum Gasteiger partial charge on any atom is 0.262 e. The summed E-state index contributed by atoms with van der Waals surface area (Å²) < 4.78 is 10.6. The molecule has 6 nitrogen and oxygen atoms in total. The zero-order valence-corrected chi connectivity index (χ0v) is 11.5. The molecule has 1 aromatic heterocycles. The van der Waals surface area contributed by atoms with Gasteiger partial charge in [-0.05, 0) is 18.2 Å². The van der Waals surface area contributed by atoms with Crippen molar-refractivity contribution in [2.75, 3.05) is 17.2 Å². The van der Waals surface area contributed by atoms with Gasteiger partial charge in [-0.3, -0.25) is 4.79 Å². The number of carbonyl (C=O) groups is 1. The summed E-state index contributed by atoms with van der Waals surface area (Å²) in [6, 6.07) is 8.58. The zero-order valence-electron chi connectivity index (χ0n) is 10.8. The lowest BCUT2D eigenvalue weighted by molar-refractivity contribution is -0.118. The minimum Gasteiger partial charge on any atom is -0.482 e. The average Bonchev–Trinajstić information content (AvgIpc) is 2.93. The molecule has 3 rings (SSSR count). The lowest BCUT2D eigenvalue weighted by Crippen LogP contribution is -2.25. The molecule has 2 aromatic rings. The van der Waals surface area contributed by atoms with Crippen molar-refractivity contribution in [2.24, 2.45) is 0 Å². The number of nitrogens with one attached hydrogen (secondary N) is 2. The second-order valence-corrected chi connectivity index (χ2v) is 4.80. The van der Waals surface area contributed by atoms with Crippen LogP contribution in [-0.4, -0.2) is 12.5 Å². The third-order valence-corrected chi connectivity index (χ3v) is 3.24. The van der Waals surface area contributed by atoms with Gasteiger partial charge in [-0.25, -0.2) is 0 Å². The molecule has 2 N–H and O–H groups in total. The summed E-state index contributed by atoms with van der Waals surface area (Å²) in [6.45, 7) is 0.365. The van der Waals surface area contributed by atoms with Crippen LogP contribution < -0.4 is 15.4 Å². The molecule has 0 saturated heterocycles. The number of ether oxygens (including phenoxy) is 1. The van der Waals surface area contributed by atoms with E-state index in [0.29, 0.717) is 34.5 Å². The van der Waals surface area contributed by atoms with Gasteiger partial charge in [0.15, 0.2) is 6.61 Å². The summed E-state index contributed by atoms with van der Waals surface area (Å²) in [6.07, 6.45) is 0. The Labute approximate surface area is 125 Å². The molecule has 106 valence electrons. The molecule has 0 atom stereocenters. The van der Waals surface area contributed by atoms with Crippen LogP contribution in [0.25, 0.3) is 0 Å². The number of carbonyl (C=O) groups excluding carboxylic acids is 1. The number of rotatable bonds is 3. The van der Waals surface area contributed by atoms with Gasteiger partial charge in [-0.15, -0.1) is 0 Å². The summed E-state index contributed by atoms with van der Waals surface area (Å²) in [5.74, 6) is 1.22. The van der Waals surface area contributed by atoms with Gasteiger partial charge in [0.2, 0.25) is 5.76 Å². The van der Waals surface area contributed by atoms with Crippen LogP contribution in [0.1, 0.15) is 11.5 Å². The summed E-state index contributed by atoms with van der Waals surface area (Å²) in [7, 11) is 0. The molecule has 0 unspecified atom stereocenters. The Balaban J connectivity index is 1.76. The fraction of sp³-hybridized carbons (Fsp3) is 0.143. The van der Waals surface area contributed by atoms with Gasteiger partial charge in [-0.1, -0.05) is 11.6 Å². The summed E-state index contributed by atoms with van der Waals surface area (Å²) in [4.78, 5) is 11.2. The highest BCUT2D eigenvalue weighted by atomic mass is 35.5. The maximum atomic E-state index is 11.2. The first-order chi connectivity index (χ1) is 10.2. The molecule has 7 heteroatoms. The number of nitriles is 1. The van der Waals surface area contributed by atoms with Crippen molar-refractivity contribution < 1.29 is 13.9 Å². The Hall–Kier alpha value is -2.65. The molecule has 1 aliphatic rings.